The van der Waals surface area contributed by atoms with Crippen LogP contribution in [-0.2, 0) is 9.59 Å². The lowest BCUT2D eigenvalue weighted by Gasteiger charge is -2.12. The molecule has 0 saturated heterocycles. The third kappa shape index (κ3) is 6.61. The van der Waals surface area contributed by atoms with Crippen molar-refractivity contribution in [2.24, 2.45) is 0 Å². The van der Waals surface area contributed by atoms with Crippen LogP contribution in [0.25, 0.3) is 6.08 Å². The first-order valence-electron chi connectivity index (χ1n) is 10.2. The second kappa shape index (κ2) is 11.4. The molecule has 0 spiro atoms. The van der Waals surface area contributed by atoms with Gasteiger partial charge in [0.1, 0.15) is 11.6 Å². The van der Waals surface area contributed by atoms with Gasteiger partial charge in [-0.2, -0.15) is 5.26 Å². The van der Waals surface area contributed by atoms with Gasteiger partial charge in [-0.15, -0.1) is 0 Å². The monoisotopic (exact) mass is 493 g/mol. The first kappa shape index (κ1) is 24.8. The van der Waals surface area contributed by atoms with Gasteiger partial charge in [0.15, 0.2) is 12.4 Å². The minimum atomic E-state index is -0.565. The van der Waals surface area contributed by atoms with E-state index in [1.54, 1.807) is 24.3 Å². The molecule has 0 fully saturated rings. The van der Waals surface area contributed by atoms with Crippen molar-refractivity contribution in [2.75, 3.05) is 17.2 Å². The number of nitrogens with zero attached hydrogens (tertiary/aromatic N) is 1. The number of halogens is 2. The molecule has 0 bridgehead atoms. The number of carbonyl (C=O) groups excluding carboxylic acids is 2. The van der Waals surface area contributed by atoms with Crippen molar-refractivity contribution in [3.8, 4) is 11.8 Å². The highest BCUT2D eigenvalue weighted by Gasteiger charge is 2.14. The van der Waals surface area contributed by atoms with Gasteiger partial charge in [0.2, 0.25) is 0 Å². The molecule has 172 valence electrons. The zero-order valence-electron chi connectivity index (χ0n) is 18.5. The molecule has 0 aliphatic carbocycles. The minimum Gasteiger partial charge on any atom is -0.481 e. The molecule has 3 rings (SSSR count). The van der Waals surface area contributed by atoms with Crippen molar-refractivity contribution in [1.29, 1.82) is 5.26 Å². The summed E-state index contributed by atoms with van der Waals surface area (Å²) in [6.07, 6.45) is 1.37. The maximum atomic E-state index is 12.4. The number of aryl methyl sites for hydroxylation is 2. The molecule has 2 amide bonds. The Morgan fingerprint density at radius 2 is 1.62 bits per heavy atom. The van der Waals surface area contributed by atoms with Gasteiger partial charge in [0, 0.05) is 11.4 Å². The van der Waals surface area contributed by atoms with Gasteiger partial charge in [0.25, 0.3) is 11.8 Å². The molecular weight excluding hydrogens is 473 g/mol. The lowest BCUT2D eigenvalue weighted by atomic mass is 10.1. The molecule has 8 heteroatoms. The number of ether oxygens (including phenoxy) is 1. The van der Waals surface area contributed by atoms with E-state index >= 15 is 0 Å². The van der Waals surface area contributed by atoms with Crippen LogP contribution in [0.4, 0.5) is 11.4 Å². The van der Waals surface area contributed by atoms with Crippen molar-refractivity contribution in [1.82, 2.24) is 0 Å². The second-order valence-corrected chi connectivity index (χ2v) is 8.25. The summed E-state index contributed by atoms with van der Waals surface area (Å²) in [5, 5.41) is 15.1. The minimum absolute atomic E-state index is 0.127. The largest absolute Gasteiger partial charge is 0.481 e. The Bertz CT molecular complexity index is 1280. The Balaban J connectivity index is 1.68. The molecule has 0 unspecified atom stereocenters. The Morgan fingerprint density at radius 1 is 0.941 bits per heavy atom. The van der Waals surface area contributed by atoms with Crippen molar-refractivity contribution in [3.63, 3.8) is 0 Å². The number of amides is 2. The molecule has 0 aromatic heterocycles. The van der Waals surface area contributed by atoms with Crippen LogP contribution in [0, 0.1) is 25.2 Å². The van der Waals surface area contributed by atoms with Gasteiger partial charge in [-0.25, -0.2) is 0 Å². The van der Waals surface area contributed by atoms with E-state index in [1.165, 1.54) is 18.2 Å². The highest BCUT2D eigenvalue weighted by molar-refractivity contribution is 6.37. The van der Waals surface area contributed by atoms with Crippen LogP contribution in [-0.4, -0.2) is 18.4 Å². The molecule has 34 heavy (non-hydrogen) atoms. The Morgan fingerprint density at radius 3 is 2.24 bits per heavy atom. The molecule has 0 aliphatic heterocycles. The number of anilines is 2. The standard InChI is InChI=1S/C26H21Cl2N3O3/c1-16-8-9-21(10-17(16)2)30-24(32)15-34-25-22(27)12-18(13-23(25)28)11-19(14-29)26(33)31-20-6-4-3-5-7-20/h3-13H,15H2,1-2H3,(H,30,32)(H,31,33)/b19-11+. The molecular formula is C26H21Cl2N3O3. The van der Waals surface area contributed by atoms with Crippen LogP contribution >= 0.6 is 23.2 Å². The SMILES string of the molecule is Cc1ccc(NC(=O)COc2c(Cl)cc(/C=C(\C#N)C(=O)Nc3ccccc3)cc2Cl)cc1C. The average Bonchev–Trinajstić information content (AvgIpc) is 2.80. The number of nitrogens with one attached hydrogen (secondary N) is 2. The van der Waals surface area contributed by atoms with Gasteiger partial charge in [-0.05, 0) is 73.0 Å². The number of benzene rings is 3. The maximum absolute atomic E-state index is 12.4. The summed E-state index contributed by atoms with van der Waals surface area (Å²) in [6.45, 7) is 3.65. The van der Waals surface area contributed by atoms with E-state index in [1.807, 2.05) is 44.2 Å². The van der Waals surface area contributed by atoms with Crippen LogP contribution in [0.1, 0.15) is 16.7 Å². The third-order valence-corrected chi connectivity index (χ3v) is 5.43. The fourth-order valence-electron chi connectivity index (χ4n) is 2.99. The fraction of sp³-hybridized carbons (Fsp3) is 0.115. The quantitative estimate of drug-likeness (QED) is 0.304. The summed E-state index contributed by atoms with van der Waals surface area (Å²) in [4.78, 5) is 24.7. The first-order valence-corrected chi connectivity index (χ1v) is 11.0. The Kier molecular flexibility index (Phi) is 8.31. The topological polar surface area (TPSA) is 91.2 Å². The molecule has 6 nitrogen and oxygen atoms in total. The molecule has 3 aromatic rings. The van der Waals surface area contributed by atoms with E-state index in [9.17, 15) is 14.9 Å². The van der Waals surface area contributed by atoms with E-state index in [2.05, 4.69) is 10.6 Å². The fourth-order valence-corrected chi connectivity index (χ4v) is 3.60. The van der Waals surface area contributed by atoms with Crippen LogP contribution in [0.15, 0.2) is 66.2 Å². The molecule has 0 radical (unpaired) electrons. The number of para-hydroxylation sites is 1. The lowest BCUT2D eigenvalue weighted by Crippen LogP contribution is -2.20. The second-order valence-electron chi connectivity index (χ2n) is 7.44. The van der Waals surface area contributed by atoms with E-state index in [4.69, 9.17) is 27.9 Å². The smallest absolute Gasteiger partial charge is 0.266 e. The zero-order chi connectivity index (χ0) is 24.7. The van der Waals surface area contributed by atoms with Gasteiger partial charge >= 0.3 is 0 Å². The summed E-state index contributed by atoms with van der Waals surface area (Å²) in [5.74, 6) is -0.809. The number of nitriles is 1. The van der Waals surface area contributed by atoms with Crippen molar-refractivity contribution in [2.45, 2.75) is 13.8 Å². The third-order valence-electron chi connectivity index (χ3n) is 4.87. The lowest BCUT2D eigenvalue weighted by molar-refractivity contribution is -0.118. The normalized spacial score (nSPS) is 10.9. The van der Waals surface area contributed by atoms with Crippen molar-refractivity contribution >= 4 is 52.5 Å². The summed E-state index contributed by atoms with van der Waals surface area (Å²) < 4.78 is 5.53. The molecule has 0 atom stereocenters. The Hall–Kier alpha value is -3.79. The summed E-state index contributed by atoms with van der Waals surface area (Å²) in [6, 6.07) is 19.2. The predicted molar refractivity (Wildman–Crippen MR) is 135 cm³/mol. The number of hydrogen-bond acceptors (Lipinski definition) is 4. The molecule has 3 aromatic carbocycles. The van der Waals surface area contributed by atoms with Gasteiger partial charge < -0.3 is 15.4 Å². The van der Waals surface area contributed by atoms with Crippen molar-refractivity contribution in [3.05, 3.63) is 93.0 Å². The van der Waals surface area contributed by atoms with Crippen LogP contribution in [0.5, 0.6) is 5.75 Å². The zero-order valence-corrected chi connectivity index (χ0v) is 20.0. The summed E-state index contributed by atoms with van der Waals surface area (Å²) in [7, 11) is 0. The predicted octanol–water partition coefficient (Wildman–Crippen LogP) is 6.17. The number of hydrogen-bond donors (Lipinski definition) is 2. The maximum Gasteiger partial charge on any atom is 0.266 e. The van der Waals surface area contributed by atoms with E-state index in [0.717, 1.165) is 11.1 Å². The highest BCUT2D eigenvalue weighted by Crippen LogP contribution is 2.35. The first-order chi connectivity index (χ1) is 16.3. The number of carbonyl (C=O) groups is 2. The van der Waals surface area contributed by atoms with Gasteiger partial charge in [0.05, 0.1) is 10.0 Å². The molecule has 0 aliphatic rings. The molecule has 0 heterocycles. The van der Waals surface area contributed by atoms with E-state index in [-0.39, 0.29) is 33.9 Å². The van der Waals surface area contributed by atoms with Crippen molar-refractivity contribution < 1.29 is 14.3 Å². The van der Waals surface area contributed by atoms with Gasteiger partial charge in [-0.3, -0.25) is 9.59 Å². The summed E-state index contributed by atoms with van der Waals surface area (Å²) >= 11 is 12.6. The number of rotatable bonds is 7. The van der Waals surface area contributed by atoms with Crippen LogP contribution < -0.4 is 15.4 Å². The molecule has 0 saturated carbocycles. The molecule has 2 N–H and O–H groups in total. The average molecular weight is 494 g/mol. The van der Waals surface area contributed by atoms with Crippen LogP contribution in [0.3, 0.4) is 0 Å². The van der Waals surface area contributed by atoms with E-state index in [0.29, 0.717) is 16.9 Å². The Labute approximate surface area is 207 Å². The van der Waals surface area contributed by atoms with Crippen LogP contribution in [0.2, 0.25) is 10.0 Å². The van der Waals surface area contributed by atoms with E-state index < -0.39 is 5.91 Å². The van der Waals surface area contributed by atoms with Gasteiger partial charge in [-0.1, -0.05) is 47.5 Å². The highest BCUT2D eigenvalue weighted by atomic mass is 35.5. The summed E-state index contributed by atoms with van der Waals surface area (Å²) in [5.41, 5.74) is 3.71.